The molecule has 0 amide bonds. The largest absolute Gasteiger partial charge is 0.395 e. The molecule has 0 bridgehead atoms. The SMILES string of the molecule is OC[C@@H]1NCCC[C@@H]1F. The average molecular weight is 133 g/mol. The number of piperidine rings is 1. The zero-order valence-electron chi connectivity index (χ0n) is 5.31. The topological polar surface area (TPSA) is 32.3 Å². The molecule has 1 aliphatic heterocycles. The van der Waals surface area contributed by atoms with Crippen LogP contribution in [0.15, 0.2) is 0 Å². The summed E-state index contributed by atoms with van der Waals surface area (Å²) in [6.07, 6.45) is 0.638. The smallest absolute Gasteiger partial charge is 0.118 e. The maximum Gasteiger partial charge on any atom is 0.118 e. The summed E-state index contributed by atoms with van der Waals surface area (Å²) < 4.78 is 12.6. The van der Waals surface area contributed by atoms with Crippen LogP contribution >= 0.6 is 0 Å². The molecular weight excluding hydrogens is 121 g/mol. The van der Waals surface area contributed by atoms with Crippen LogP contribution in [0.1, 0.15) is 12.8 Å². The first-order valence-corrected chi connectivity index (χ1v) is 3.33. The summed E-state index contributed by atoms with van der Waals surface area (Å²) in [4.78, 5) is 0. The third-order valence-electron chi connectivity index (χ3n) is 1.70. The zero-order chi connectivity index (χ0) is 6.69. The van der Waals surface area contributed by atoms with Crippen LogP contribution in [-0.2, 0) is 0 Å². The Morgan fingerprint density at radius 2 is 2.44 bits per heavy atom. The second kappa shape index (κ2) is 3.13. The molecule has 9 heavy (non-hydrogen) atoms. The van der Waals surface area contributed by atoms with Crippen LogP contribution in [-0.4, -0.2) is 30.5 Å². The van der Waals surface area contributed by atoms with E-state index in [0.29, 0.717) is 6.42 Å². The van der Waals surface area contributed by atoms with Gasteiger partial charge in [-0.3, -0.25) is 0 Å². The third-order valence-corrected chi connectivity index (χ3v) is 1.70. The molecule has 2 atom stereocenters. The maximum atomic E-state index is 12.6. The van der Waals surface area contributed by atoms with Gasteiger partial charge in [-0.1, -0.05) is 0 Å². The molecule has 3 heteroatoms. The van der Waals surface area contributed by atoms with Crippen molar-refractivity contribution in [3.05, 3.63) is 0 Å². The summed E-state index contributed by atoms with van der Waals surface area (Å²) in [5.41, 5.74) is 0. The highest BCUT2D eigenvalue weighted by atomic mass is 19.1. The van der Waals surface area contributed by atoms with Crippen molar-refractivity contribution in [1.82, 2.24) is 5.32 Å². The van der Waals surface area contributed by atoms with Gasteiger partial charge in [0.2, 0.25) is 0 Å². The quantitative estimate of drug-likeness (QED) is 0.530. The fourth-order valence-electron chi connectivity index (χ4n) is 1.09. The minimum Gasteiger partial charge on any atom is -0.395 e. The Morgan fingerprint density at radius 1 is 1.67 bits per heavy atom. The molecule has 0 radical (unpaired) electrons. The number of halogens is 1. The highest BCUT2D eigenvalue weighted by molar-refractivity contribution is 4.79. The van der Waals surface area contributed by atoms with E-state index in [9.17, 15) is 4.39 Å². The first-order chi connectivity index (χ1) is 4.34. The minimum atomic E-state index is -0.844. The molecule has 1 saturated heterocycles. The van der Waals surface area contributed by atoms with Crippen molar-refractivity contribution in [3.63, 3.8) is 0 Å². The molecule has 1 fully saturated rings. The van der Waals surface area contributed by atoms with Crippen molar-refractivity contribution in [2.24, 2.45) is 0 Å². The number of aliphatic hydroxyl groups is 1. The molecule has 1 heterocycles. The van der Waals surface area contributed by atoms with E-state index in [2.05, 4.69) is 5.32 Å². The monoisotopic (exact) mass is 133 g/mol. The van der Waals surface area contributed by atoms with Crippen molar-refractivity contribution in [2.75, 3.05) is 13.2 Å². The van der Waals surface area contributed by atoms with Crippen molar-refractivity contribution >= 4 is 0 Å². The summed E-state index contributed by atoms with van der Waals surface area (Å²) in [7, 11) is 0. The Hall–Kier alpha value is -0.150. The highest BCUT2D eigenvalue weighted by Gasteiger charge is 2.22. The van der Waals surface area contributed by atoms with Gasteiger partial charge < -0.3 is 10.4 Å². The molecule has 0 aromatic carbocycles. The molecule has 0 saturated carbocycles. The van der Waals surface area contributed by atoms with E-state index in [-0.39, 0.29) is 12.6 Å². The minimum absolute atomic E-state index is 0.0822. The Morgan fingerprint density at radius 3 is 2.89 bits per heavy atom. The summed E-state index contributed by atoms with van der Waals surface area (Å²) in [5, 5.41) is 11.5. The van der Waals surface area contributed by atoms with Gasteiger partial charge in [-0.05, 0) is 19.4 Å². The molecule has 1 rings (SSSR count). The maximum absolute atomic E-state index is 12.6. The molecule has 0 unspecified atom stereocenters. The van der Waals surface area contributed by atoms with Gasteiger partial charge in [0.15, 0.2) is 0 Å². The van der Waals surface area contributed by atoms with Gasteiger partial charge in [0.05, 0.1) is 12.6 Å². The number of aliphatic hydroxyl groups excluding tert-OH is 1. The van der Waals surface area contributed by atoms with Gasteiger partial charge in [-0.15, -0.1) is 0 Å². The lowest BCUT2D eigenvalue weighted by Crippen LogP contribution is -2.45. The molecule has 0 aromatic heterocycles. The Balaban J connectivity index is 2.30. The van der Waals surface area contributed by atoms with Crippen LogP contribution in [0.5, 0.6) is 0 Å². The fourth-order valence-corrected chi connectivity index (χ4v) is 1.09. The van der Waals surface area contributed by atoms with Crippen LogP contribution < -0.4 is 5.32 Å². The Bertz CT molecular complexity index is 89.1. The molecular formula is C6H12FNO. The number of alkyl halides is 1. The summed E-state index contributed by atoms with van der Waals surface area (Å²) in [5.74, 6) is 0. The van der Waals surface area contributed by atoms with E-state index >= 15 is 0 Å². The molecule has 54 valence electrons. The van der Waals surface area contributed by atoms with Gasteiger partial charge in [0.25, 0.3) is 0 Å². The van der Waals surface area contributed by atoms with E-state index in [1.54, 1.807) is 0 Å². The second-order valence-corrected chi connectivity index (χ2v) is 2.40. The van der Waals surface area contributed by atoms with E-state index in [1.807, 2.05) is 0 Å². The van der Waals surface area contributed by atoms with Crippen molar-refractivity contribution in [3.8, 4) is 0 Å². The molecule has 0 aromatic rings. The summed E-state index contributed by atoms with van der Waals surface area (Å²) in [6.45, 7) is 0.757. The van der Waals surface area contributed by atoms with Crippen LogP contribution in [0.4, 0.5) is 4.39 Å². The molecule has 2 N–H and O–H groups in total. The van der Waals surface area contributed by atoms with E-state index in [0.717, 1.165) is 13.0 Å². The first kappa shape index (κ1) is 6.96. The lowest BCUT2D eigenvalue weighted by Gasteiger charge is -2.25. The normalized spacial score (nSPS) is 36.7. The summed E-state index contributed by atoms with van der Waals surface area (Å²) in [6, 6.07) is -0.307. The standard InChI is InChI=1S/C6H12FNO/c7-5-2-1-3-8-6(5)4-9/h5-6,8-9H,1-4H2/t5-,6-/m0/s1. The molecule has 2 nitrogen and oxygen atoms in total. The second-order valence-electron chi connectivity index (χ2n) is 2.40. The van der Waals surface area contributed by atoms with Crippen molar-refractivity contribution in [1.29, 1.82) is 0 Å². The Kier molecular flexibility index (Phi) is 2.42. The fraction of sp³-hybridized carbons (Fsp3) is 1.00. The van der Waals surface area contributed by atoms with Crippen molar-refractivity contribution < 1.29 is 9.50 Å². The molecule has 0 aliphatic carbocycles. The lowest BCUT2D eigenvalue weighted by atomic mass is 10.0. The van der Waals surface area contributed by atoms with Gasteiger partial charge in [0, 0.05) is 0 Å². The third kappa shape index (κ3) is 1.63. The predicted molar refractivity (Wildman–Crippen MR) is 33.0 cm³/mol. The average Bonchev–Trinajstić information content (AvgIpc) is 1.89. The van der Waals surface area contributed by atoms with Gasteiger partial charge in [0.1, 0.15) is 6.17 Å². The Labute approximate surface area is 54.1 Å². The van der Waals surface area contributed by atoms with Crippen LogP contribution in [0.3, 0.4) is 0 Å². The lowest BCUT2D eigenvalue weighted by molar-refractivity contribution is 0.135. The number of nitrogens with one attached hydrogen (secondary N) is 1. The van der Waals surface area contributed by atoms with Crippen LogP contribution in [0.2, 0.25) is 0 Å². The molecule has 1 aliphatic rings. The van der Waals surface area contributed by atoms with Gasteiger partial charge in [-0.2, -0.15) is 0 Å². The van der Waals surface area contributed by atoms with E-state index < -0.39 is 6.17 Å². The zero-order valence-corrected chi connectivity index (χ0v) is 5.31. The predicted octanol–water partition coefficient (Wildman–Crippen LogP) is 0.0688. The highest BCUT2D eigenvalue weighted by Crippen LogP contribution is 2.10. The van der Waals surface area contributed by atoms with Crippen LogP contribution in [0, 0.1) is 0 Å². The number of rotatable bonds is 1. The first-order valence-electron chi connectivity index (χ1n) is 3.33. The number of hydrogen-bond donors (Lipinski definition) is 2. The van der Waals surface area contributed by atoms with Gasteiger partial charge >= 0.3 is 0 Å². The number of hydrogen-bond acceptors (Lipinski definition) is 2. The van der Waals surface area contributed by atoms with Crippen LogP contribution in [0.25, 0.3) is 0 Å². The van der Waals surface area contributed by atoms with E-state index in [1.165, 1.54) is 0 Å². The van der Waals surface area contributed by atoms with Crippen molar-refractivity contribution in [2.45, 2.75) is 25.1 Å². The van der Waals surface area contributed by atoms with Gasteiger partial charge in [-0.25, -0.2) is 4.39 Å². The molecule has 0 spiro atoms. The summed E-state index contributed by atoms with van der Waals surface area (Å²) >= 11 is 0. The van der Waals surface area contributed by atoms with E-state index in [4.69, 9.17) is 5.11 Å².